The van der Waals surface area contributed by atoms with E-state index in [1.54, 1.807) is 0 Å². The molecular weight excluding hydrogens is 381 g/mol. The van der Waals surface area contributed by atoms with Crippen molar-refractivity contribution in [3.8, 4) is 0 Å². The number of carbonyl (C=O) groups is 2. The zero-order valence-corrected chi connectivity index (χ0v) is 16.3. The summed E-state index contributed by atoms with van der Waals surface area (Å²) >= 11 is 0. The first-order chi connectivity index (χ1) is 13.6. The minimum absolute atomic E-state index is 0.0195. The maximum Gasteiger partial charge on any atom is 0.416 e. The van der Waals surface area contributed by atoms with Crippen LogP contribution in [0, 0.1) is 5.92 Å². The van der Waals surface area contributed by atoms with Gasteiger partial charge in [0.1, 0.15) is 0 Å². The summed E-state index contributed by atoms with van der Waals surface area (Å²) in [6.07, 6.45) is -4.50. The van der Waals surface area contributed by atoms with Crippen molar-refractivity contribution < 1.29 is 22.8 Å². The normalized spacial score (nSPS) is 17.1. The van der Waals surface area contributed by atoms with E-state index in [0.29, 0.717) is 12.5 Å². The molecule has 2 aromatic rings. The molecule has 2 amide bonds. The van der Waals surface area contributed by atoms with Crippen LogP contribution < -0.4 is 10.2 Å². The highest BCUT2D eigenvalue weighted by molar-refractivity contribution is 6.00. The van der Waals surface area contributed by atoms with Gasteiger partial charge in [-0.25, -0.2) is 0 Å². The predicted octanol–water partition coefficient (Wildman–Crippen LogP) is 4.50. The second-order valence-corrected chi connectivity index (χ2v) is 7.57. The Bertz CT molecular complexity index is 892. The van der Waals surface area contributed by atoms with Gasteiger partial charge in [0.25, 0.3) is 0 Å². The summed E-state index contributed by atoms with van der Waals surface area (Å²) in [5.74, 6) is -0.802. The van der Waals surface area contributed by atoms with Gasteiger partial charge in [-0.3, -0.25) is 9.59 Å². The van der Waals surface area contributed by atoms with Crippen LogP contribution in [0.1, 0.15) is 42.9 Å². The number of rotatable bonds is 5. The molecule has 0 bridgehead atoms. The number of nitrogens with zero attached hydrogens (tertiary/aromatic N) is 1. The van der Waals surface area contributed by atoms with Gasteiger partial charge in [0.2, 0.25) is 11.8 Å². The van der Waals surface area contributed by atoms with E-state index >= 15 is 0 Å². The minimum atomic E-state index is -4.49. The number of hydrogen-bond acceptors (Lipinski definition) is 2. The van der Waals surface area contributed by atoms with Crippen molar-refractivity contribution in [2.24, 2.45) is 5.92 Å². The Labute approximate surface area is 167 Å². The van der Waals surface area contributed by atoms with Crippen molar-refractivity contribution in [3.05, 3.63) is 65.2 Å². The zero-order valence-electron chi connectivity index (χ0n) is 16.3. The van der Waals surface area contributed by atoms with Crippen molar-refractivity contribution in [2.75, 3.05) is 11.4 Å². The van der Waals surface area contributed by atoms with E-state index in [9.17, 15) is 22.8 Å². The molecule has 1 atom stereocenters. The van der Waals surface area contributed by atoms with Crippen LogP contribution in [-0.2, 0) is 22.3 Å². The summed E-state index contributed by atoms with van der Waals surface area (Å²) in [7, 11) is 0. The molecule has 3 rings (SSSR count). The number of amides is 2. The highest BCUT2D eigenvalue weighted by Crippen LogP contribution is 2.33. The van der Waals surface area contributed by atoms with Gasteiger partial charge in [-0.15, -0.1) is 0 Å². The molecule has 7 heteroatoms. The van der Waals surface area contributed by atoms with E-state index in [-0.39, 0.29) is 30.5 Å². The zero-order chi connectivity index (χ0) is 21.2. The molecule has 0 saturated carbocycles. The molecular formula is C22H23F3N2O2. The lowest BCUT2D eigenvalue weighted by Crippen LogP contribution is -2.32. The first-order valence-corrected chi connectivity index (χ1v) is 9.49. The Balaban J connectivity index is 1.61. The Hall–Kier alpha value is -2.83. The van der Waals surface area contributed by atoms with Gasteiger partial charge in [0.05, 0.1) is 11.5 Å². The topological polar surface area (TPSA) is 49.4 Å². The van der Waals surface area contributed by atoms with Crippen LogP contribution in [0.15, 0.2) is 48.5 Å². The summed E-state index contributed by atoms with van der Waals surface area (Å²) in [4.78, 5) is 26.0. The second kappa shape index (κ2) is 8.27. The van der Waals surface area contributed by atoms with E-state index in [1.165, 1.54) is 22.6 Å². The summed E-state index contributed by atoms with van der Waals surface area (Å²) < 4.78 is 38.8. The first kappa shape index (κ1) is 20.9. The van der Waals surface area contributed by atoms with Gasteiger partial charge in [-0.1, -0.05) is 44.2 Å². The summed E-state index contributed by atoms with van der Waals surface area (Å²) in [5.41, 5.74) is 1.49. The Morgan fingerprint density at radius 2 is 1.86 bits per heavy atom. The SMILES string of the molecule is CC(C)c1ccc(CNC(=O)[C@H]2CC(=O)N(c3cccc(C(F)(F)F)c3)C2)cc1. The lowest BCUT2D eigenvalue weighted by atomic mass is 10.0. The molecule has 1 N–H and O–H groups in total. The number of alkyl halides is 3. The van der Waals surface area contributed by atoms with E-state index in [4.69, 9.17) is 0 Å². The van der Waals surface area contributed by atoms with E-state index in [2.05, 4.69) is 19.2 Å². The third kappa shape index (κ3) is 4.96. The molecule has 29 heavy (non-hydrogen) atoms. The van der Waals surface area contributed by atoms with Gasteiger partial charge in [0, 0.05) is 25.2 Å². The van der Waals surface area contributed by atoms with E-state index in [1.807, 2.05) is 24.3 Å². The maximum absolute atomic E-state index is 12.9. The lowest BCUT2D eigenvalue weighted by molar-refractivity contribution is -0.137. The molecule has 4 nitrogen and oxygen atoms in total. The predicted molar refractivity (Wildman–Crippen MR) is 104 cm³/mol. The second-order valence-electron chi connectivity index (χ2n) is 7.57. The van der Waals surface area contributed by atoms with Crippen LogP contribution in [0.4, 0.5) is 18.9 Å². The van der Waals surface area contributed by atoms with Crippen molar-refractivity contribution in [2.45, 2.75) is 38.9 Å². The van der Waals surface area contributed by atoms with E-state index < -0.39 is 17.7 Å². The molecule has 0 aromatic heterocycles. The Morgan fingerprint density at radius 1 is 1.17 bits per heavy atom. The summed E-state index contributed by atoms with van der Waals surface area (Å²) in [6.45, 7) is 4.61. The minimum Gasteiger partial charge on any atom is -0.352 e. The highest BCUT2D eigenvalue weighted by Gasteiger charge is 2.36. The van der Waals surface area contributed by atoms with Gasteiger partial charge in [-0.05, 0) is 35.2 Å². The maximum atomic E-state index is 12.9. The van der Waals surface area contributed by atoms with Crippen molar-refractivity contribution >= 4 is 17.5 Å². The molecule has 0 radical (unpaired) electrons. The first-order valence-electron chi connectivity index (χ1n) is 9.49. The van der Waals surface area contributed by atoms with Crippen LogP contribution >= 0.6 is 0 Å². The van der Waals surface area contributed by atoms with Crippen LogP contribution in [0.2, 0.25) is 0 Å². The number of nitrogens with one attached hydrogen (secondary N) is 1. The molecule has 0 unspecified atom stereocenters. The average molecular weight is 404 g/mol. The van der Waals surface area contributed by atoms with Gasteiger partial charge < -0.3 is 10.2 Å². The number of carbonyl (C=O) groups excluding carboxylic acids is 2. The third-order valence-electron chi connectivity index (χ3n) is 5.09. The van der Waals surface area contributed by atoms with Crippen LogP contribution in [0.25, 0.3) is 0 Å². The summed E-state index contributed by atoms with van der Waals surface area (Å²) in [6, 6.07) is 12.5. The molecule has 1 aliphatic heterocycles. The molecule has 1 fully saturated rings. The van der Waals surface area contributed by atoms with Gasteiger partial charge >= 0.3 is 6.18 Å². The van der Waals surface area contributed by atoms with Gasteiger partial charge in [-0.2, -0.15) is 13.2 Å². The number of halogens is 3. The number of benzene rings is 2. The third-order valence-corrected chi connectivity index (χ3v) is 5.09. The molecule has 1 saturated heterocycles. The molecule has 1 aliphatic rings. The monoisotopic (exact) mass is 404 g/mol. The Morgan fingerprint density at radius 3 is 2.48 bits per heavy atom. The largest absolute Gasteiger partial charge is 0.416 e. The number of anilines is 1. The highest BCUT2D eigenvalue weighted by atomic mass is 19.4. The standard InChI is InChI=1S/C22H23F3N2O2/c1-14(2)16-8-6-15(7-9-16)12-26-21(29)17-10-20(28)27(13-17)19-5-3-4-18(11-19)22(23,24)25/h3-9,11,14,17H,10,12-13H2,1-2H3,(H,26,29)/t17-/m0/s1. The van der Waals surface area contributed by atoms with Gasteiger partial charge in [0.15, 0.2) is 0 Å². The van der Waals surface area contributed by atoms with E-state index in [0.717, 1.165) is 17.7 Å². The average Bonchev–Trinajstić information content (AvgIpc) is 3.07. The lowest BCUT2D eigenvalue weighted by Gasteiger charge is -2.18. The molecule has 1 heterocycles. The fourth-order valence-electron chi connectivity index (χ4n) is 3.34. The quantitative estimate of drug-likeness (QED) is 0.798. The molecule has 154 valence electrons. The Kier molecular flexibility index (Phi) is 5.96. The van der Waals surface area contributed by atoms with Crippen LogP contribution in [0.3, 0.4) is 0 Å². The fraction of sp³-hybridized carbons (Fsp3) is 0.364. The molecule has 0 aliphatic carbocycles. The van der Waals surface area contributed by atoms with Crippen LogP contribution in [-0.4, -0.2) is 18.4 Å². The van der Waals surface area contributed by atoms with Crippen molar-refractivity contribution in [1.29, 1.82) is 0 Å². The summed E-state index contributed by atoms with van der Waals surface area (Å²) in [5, 5.41) is 2.82. The molecule has 0 spiro atoms. The van der Waals surface area contributed by atoms with Crippen molar-refractivity contribution in [3.63, 3.8) is 0 Å². The van der Waals surface area contributed by atoms with Crippen molar-refractivity contribution in [1.82, 2.24) is 5.32 Å². The fourth-order valence-corrected chi connectivity index (χ4v) is 3.34. The molecule has 2 aromatic carbocycles. The smallest absolute Gasteiger partial charge is 0.352 e. The van der Waals surface area contributed by atoms with Crippen LogP contribution in [0.5, 0.6) is 0 Å². The number of hydrogen-bond donors (Lipinski definition) is 1.